The van der Waals surface area contributed by atoms with Gasteiger partial charge in [-0.1, -0.05) is 22.6 Å². The predicted octanol–water partition coefficient (Wildman–Crippen LogP) is 2.01. The molecule has 0 bridgehead atoms. The van der Waals surface area contributed by atoms with Crippen LogP contribution in [-0.2, 0) is 0 Å². The van der Waals surface area contributed by atoms with Crippen LogP contribution in [0.4, 0.5) is 0 Å². The molecule has 1 atom stereocenters. The monoisotopic (exact) mass is 234 g/mol. The molecule has 0 aliphatic rings. The van der Waals surface area contributed by atoms with Gasteiger partial charge in [0.05, 0.1) is 12.1 Å². The molecule has 3 heteroatoms. The third-order valence-electron chi connectivity index (χ3n) is 0.882. The SMILES string of the molecule is N#CCCC(I)CC#N. The molecule has 0 saturated heterocycles. The number of hydrogen-bond donors (Lipinski definition) is 0. The Bertz CT molecular complexity index is 142. The van der Waals surface area contributed by atoms with E-state index >= 15 is 0 Å². The summed E-state index contributed by atoms with van der Waals surface area (Å²) in [4.78, 5) is 0. The van der Waals surface area contributed by atoms with Crippen LogP contribution in [0.5, 0.6) is 0 Å². The average molecular weight is 234 g/mol. The van der Waals surface area contributed by atoms with Gasteiger partial charge < -0.3 is 0 Å². The fourth-order valence-electron chi connectivity index (χ4n) is 0.422. The Kier molecular flexibility index (Phi) is 5.65. The highest BCUT2D eigenvalue weighted by Crippen LogP contribution is 2.11. The van der Waals surface area contributed by atoms with Crippen molar-refractivity contribution >= 4 is 22.6 Å². The lowest BCUT2D eigenvalue weighted by molar-refractivity contribution is 0.818. The molecule has 2 nitrogen and oxygen atoms in total. The van der Waals surface area contributed by atoms with E-state index in [1.807, 2.05) is 6.07 Å². The number of alkyl halides is 1. The van der Waals surface area contributed by atoms with Crippen molar-refractivity contribution in [2.45, 2.75) is 23.2 Å². The van der Waals surface area contributed by atoms with Crippen molar-refractivity contribution in [3.05, 3.63) is 0 Å². The van der Waals surface area contributed by atoms with E-state index in [1.54, 1.807) is 0 Å². The van der Waals surface area contributed by atoms with Crippen molar-refractivity contribution in [3.8, 4) is 12.1 Å². The summed E-state index contributed by atoms with van der Waals surface area (Å²) in [6, 6.07) is 4.10. The third-order valence-corrected chi connectivity index (χ3v) is 1.95. The fraction of sp³-hybridized carbons (Fsp3) is 0.667. The Labute approximate surface area is 68.6 Å². The van der Waals surface area contributed by atoms with Crippen LogP contribution >= 0.6 is 22.6 Å². The predicted molar refractivity (Wildman–Crippen MR) is 42.9 cm³/mol. The molecule has 0 rings (SSSR count). The van der Waals surface area contributed by atoms with E-state index < -0.39 is 0 Å². The summed E-state index contributed by atoms with van der Waals surface area (Å²) in [5.41, 5.74) is 0. The van der Waals surface area contributed by atoms with Crippen molar-refractivity contribution in [2.24, 2.45) is 0 Å². The van der Waals surface area contributed by atoms with Crippen LogP contribution in [0.1, 0.15) is 19.3 Å². The van der Waals surface area contributed by atoms with Crippen LogP contribution in [0.25, 0.3) is 0 Å². The molecule has 0 saturated carbocycles. The third kappa shape index (κ3) is 5.58. The van der Waals surface area contributed by atoms with Gasteiger partial charge in [0.15, 0.2) is 0 Å². The number of hydrogen-bond acceptors (Lipinski definition) is 2. The molecular formula is C6H7IN2. The first-order chi connectivity index (χ1) is 4.31. The van der Waals surface area contributed by atoms with Gasteiger partial charge in [0.2, 0.25) is 0 Å². The van der Waals surface area contributed by atoms with Gasteiger partial charge in [-0.05, 0) is 6.42 Å². The van der Waals surface area contributed by atoms with Crippen LogP contribution in [0.3, 0.4) is 0 Å². The largest absolute Gasteiger partial charge is 0.198 e. The lowest BCUT2D eigenvalue weighted by atomic mass is 10.2. The van der Waals surface area contributed by atoms with Crippen LogP contribution in [0.2, 0.25) is 0 Å². The molecule has 0 spiro atoms. The second-order valence-electron chi connectivity index (χ2n) is 1.66. The second-order valence-corrected chi connectivity index (χ2v) is 3.42. The summed E-state index contributed by atoms with van der Waals surface area (Å²) in [6.45, 7) is 0. The van der Waals surface area contributed by atoms with Crippen LogP contribution in [0.15, 0.2) is 0 Å². The summed E-state index contributed by atoms with van der Waals surface area (Å²) in [7, 11) is 0. The summed E-state index contributed by atoms with van der Waals surface area (Å²) in [5, 5.41) is 16.3. The van der Waals surface area contributed by atoms with Crippen molar-refractivity contribution in [2.75, 3.05) is 0 Å². The number of nitrogens with zero attached hydrogens (tertiary/aromatic N) is 2. The minimum atomic E-state index is 0.354. The molecule has 0 heterocycles. The van der Waals surface area contributed by atoms with E-state index in [0.29, 0.717) is 16.8 Å². The zero-order valence-electron chi connectivity index (χ0n) is 4.97. The Hall–Kier alpha value is -0.290. The summed E-state index contributed by atoms with van der Waals surface area (Å²) in [5.74, 6) is 0. The first-order valence-electron chi connectivity index (χ1n) is 2.69. The normalized spacial score (nSPS) is 11.4. The topological polar surface area (TPSA) is 47.6 Å². The molecule has 0 aromatic rings. The van der Waals surface area contributed by atoms with Gasteiger partial charge in [-0.15, -0.1) is 0 Å². The van der Waals surface area contributed by atoms with Gasteiger partial charge in [0.1, 0.15) is 0 Å². The summed E-state index contributed by atoms with van der Waals surface area (Å²) >= 11 is 2.19. The lowest BCUT2D eigenvalue weighted by Gasteiger charge is -1.97. The molecule has 0 N–H and O–H groups in total. The quantitative estimate of drug-likeness (QED) is 0.553. The first kappa shape index (κ1) is 8.71. The minimum Gasteiger partial charge on any atom is -0.198 e. The standard InChI is InChI=1S/C6H7IN2/c7-6(3-5-9)2-1-4-8/h6H,1-3H2. The molecule has 0 aromatic carbocycles. The molecule has 48 valence electrons. The van der Waals surface area contributed by atoms with Crippen LogP contribution < -0.4 is 0 Å². The lowest BCUT2D eigenvalue weighted by Crippen LogP contribution is -1.93. The molecule has 0 amide bonds. The Morgan fingerprint density at radius 2 is 2.00 bits per heavy atom. The average Bonchev–Trinajstić information content (AvgIpc) is 1.85. The van der Waals surface area contributed by atoms with E-state index in [0.717, 1.165) is 6.42 Å². The van der Waals surface area contributed by atoms with E-state index in [1.165, 1.54) is 0 Å². The molecular weight excluding hydrogens is 227 g/mol. The number of halogens is 1. The van der Waals surface area contributed by atoms with E-state index in [2.05, 4.69) is 28.7 Å². The Morgan fingerprint density at radius 1 is 1.33 bits per heavy atom. The van der Waals surface area contributed by atoms with Crippen molar-refractivity contribution in [1.82, 2.24) is 0 Å². The first-order valence-corrected chi connectivity index (χ1v) is 3.93. The zero-order valence-corrected chi connectivity index (χ0v) is 7.13. The second kappa shape index (κ2) is 5.84. The highest BCUT2D eigenvalue weighted by atomic mass is 127. The van der Waals surface area contributed by atoms with Crippen molar-refractivity contribution < 1.29 is 0 Å². The maximum absolute atomic E-state index is 8.20. The smallest absolute Gasteiger partial charge is 0.0632 e. The highest BCUT2D eigenvalue weighted by Gasteiger charge is 2.00. The van der Waals surface area contributed by atoms with Crippen LogP contribution in [0, 0.1) is 22.7 Å². The van der Waals surface area contributed by atoms with E-state index in [4.69, 9.17) is 10.5 Å². The van der Waals surface area contributed by atoms with Crippen molar-refractivity contribution in [3.63, 3.8) is 0 Å². The molecule has 0 aliphatic heterocycles. The summed E-state index contributed by atoms with van der Waals surface area (Å²) in [6.07, 6.45) is 1.96. The molecule has 0 fully saturated rings. The van der Waals surface area contributed by atoms with Gasteiger partial charge >= 0.3 is 0 Å². The molecule has 0 aliphatic carbocycles. The van der Waals surface area contributed by atoms with Crippen molar-refractivity contribution in [1.29, 1.82) is 10.5 Å². The molecule has 1 unspecified atom stereocenters. The minimum absolute atomic E-state index is 0.354. The fourth-order valence-corrected chi connectivity index (χ4v) is 0.931. The molecule has 0 radical (unpaired) electrons. The number of rotatable bonds is 3. The molecule has 9 heavy (non-hydrogen) atoms. The Morgan fingerprint density at radius 3 is 2.44 bits per heavy atom. The number of nitriles is 2. The van der Waals surface area contributed by atoms with Gasteiger partial charge in [-0.25, -0.2) is 0 Å². The van der Waals surface area contributed by atoms with E-state index in [-0.39, 0.29) is 0 Å². The Balaban J connectivity index is 3.21. The van der Waals surface area contributed by atoms with Crippen LogP contribution in [-0.4, -0.2) is 3.92 Å². The van der Waals surface area contributed by atoms with Gasteiger partial charge in [-0.3, -0.25) is 0 Å². The zero-order chi connectivity index (χ0) is 7.11. The maximum Gasteiger partial charge on any atom is 0.0632 e. The van der Waals surface area contributed by atoms with Gasteiger partial charge in [0, 0.05) is 16.8 Å². The van der Waals surface area contributed by atoms with Gasteiger partial charge in [-0.2, -0.15) is 10.5 Å². The maximum atomic E-state index is 8.20. The highest BCUT2D eigenvalue weighted by molar-refractivity contribution is 14.1. The summed E-state index contributed by atoms with van der Waals surface area (Å²) < 4.78 is 0.354. The van der Waals surface area contributed by atoms with Gasteiger partial charge in [0.25, 0.3) is 0 Å². The van der Waals surface area contributed by atoms with E-state index in [9.17, 15) is 0 Å². The molecule has 0 aromatic heterocycles.